The van der Waals surface area contributed by atoms with Crippen molar-refractivity contribution in [2.24, 2.45) is 11.8 Å². The van der Waals surface area contributed by atoms with Gasteiger partial charge in [0.25, 0.3) is 0 Å². The molecule has 2 aromatic rings. The molecule has 1 spiro atoms. The lowest BCUT2D eigenvalue weighted by molar-refractivity contribution is -0.142. The number of fused-ring (bicyclic) bond motifs is 4. The van der Waals surface area contributed by atoms with E-state index in [1.807, 2.05) is 6.92 Å². The van der Waals surface area contributed by atoms with Crippen molar-refractivity contribution in [1.29, 1.82) is 0 Å². The first-order valence-corrected chi connectivity index (χ1v) is 10.9. The van der Waals surface area contributed by atoms with Crippen LogP contribution in [0.1, 0.15) is 30.9 Å². The van der Waals surface area contributed by atoms with Crippen LogP contribution in [-0.4, -0.2) is 40.3 Å². The molecule has 2 aromatic carbocycles. The normalized spacial score (nSPS) is 28.4. The van der Waals surface area contributed by atoms with E-state index in [1.165, 1.54) is 23.1 Å². The Kier molecular flexibility index (Phi) is 4.78. The number of likely N-dealkylation sites (tertiary alicyclic amines) is 1. The fourth-order valence-corrected chi connectivity index (χ4v) is 5.43. The minimum absolute atomic E-state index is 0.125. The van der Waals surface area contributed by atoms with Crippen molar-refractivity contribution in [3.8, 4) is 5.75 Å². The molecular formula is C24H24FN3O4. The van der Waals surface area contributed by atoms with Crippen molar-refractivity contribution in [3.63, 3.8) is 0 Å². The van der Waals surface area contributed by atoms with Gasteiger partial charge < -0.3 is 10.4 Å². The number of unbranched alkanes of at least 4 members (excludes halogenated alkanes) is 1. The van der Waals surface area contributed by atoms with Crippen LogP contribution in [0.25, 0.3) is 0 Å². The van der Waals surface area contributed by atoms with Gasteiger partial charge in [0.05, 0.1) is 11.8 Å². The van der Waals surface area contributed by atoms with E-state index in [1.54, 1.807) is 24.3 Å². The van der Waals surface area contributed by atoms with E-state index in [0.717, 1.165) is 12.0 Å². The first kappa shape index (κ1) is 20.6. The highest BCUT2D eigenvalue weighted by molar-refractivity contribution is 6.15. The van der Waals surface area contributed by atoms with Gasteiger partial charge in [0, 0.05) is 23.8 Å². The minimum Gasteiger partial charge on any atom is -0.508 e. The highest BCUT2D eigenvalue weighted by Crippen LogP contribution is 2.53. The van der Waals surface area contributed by atoms with Gasteiger partial charge in [0.1, 0.15) is 17.1 Å². The molecule has 0 unspecified atom stereocenters. The number of phenolic OH excluding ortho intramolecular Hbond substituents is 1. The van der Waals surface area contributed by atoms with Crippen LogP contribution in [0.15, 0.2) is 42.5 Å². The van der Waals surface area contributed by atoms with Crippen LogP contribution < -0.4 is 10.6 Å². The maximum Gasteiger partial charge on any atom is 0.250 e. The lowest BCUT2D eigenvalue weighted by Crippen LogP contribution is -2.53. The third-order valence-corrected chi connectivity index (χ3v) is 6.90. The van der Waals surface area contributed by atoms with E-state index in [0.29, 0.717) is 30.6 Å². The van der Waals surface area contributed by atoms with E-state index in [4.69, 9.17) is 0 Å². The fourth-order valence-electron chi connectivity index (χ4n) is 5.43. The molecule has 2 saturated heterocycles. The molecule has 0 saturated carbocycles. The summed E-state index contributed by atoms with van der Waals surface area (Å²) in [6.45, 7) is 2.28. The van der Waals surface area contributed by atoms with Gasteiger partial charge in [0.2, 0.25) is 17.7 Å². The van der Waals surface area contributed by atoms with Gasteiger partial charge in [-0.05, 0) is 48.7 Å². The Morgan fingerprint density at radius 1 is 1.09 bits per heavy atom. The zero-order valence-corrected chi connectivity index (χ0v) is 17.6. The number of nitrogens with one attached hydrogen (secondary N) is 2. The van der Waals surface area contributed by atoms with Gasteiger partial charge in [-0.1, -0.05) is 25.5 Å². The van der Waals surface area contributed by atoms with E-state index >= 15 is 0 Å². The summed E-state index contributed by atoms with van der Waals surface area (Å²) in [5.74, 6) is -3.20. The van der Waals surface area contributed by atoms with Crippen LogP contribution in [0.4, 0.5) is 10.1 Å². The van der Waals surface area contributed by atoms with Gasteiger partial charge in [0.15, 0.2) is 0 Å². The topological polar surface area (TPSA) is 98.7 Å². The van der Waals surface area contributed by atoms with Crippen molar-refractivity contribution in [2.75, 3.05) is 11.9 Å². The molecule has 3 aliphatic rings. The maximum atomic E-state index is 14.2. The van der Waals surface area contributed by atoms with E-state index in [2.05, 4.69) is 10.6 Å². The summed E-state index contributed by atoms with van der Waals surface area (Å²) in [6.07, 6.45) is 1.88. The Morgan fingerprint density at radius 3 is 2.56 bits per heavy atom. The fraction of sp³-hybridized carbons (Fsp3) is 0.375. The number of amides is 3. The Balaban J connectivity index is 1.61. The molecule has 0 radical (unpaired) electrons. The van der Waals surface area contributed by atoms with Crippen LogP contribution in [0, 0.1) is 17.7 Å². The standard InChI is InChI=1S/C24H24FN3O4/c1-2-3-10-28-21(30)19-18(11-13-4-7-15(29)8-5-13)27-24(20(19)22(28)31)16-12-14(25)6-9-17(16)26-23(24)32/h4-9,12,18-20,27,29H,2-3,10-11H2,1H3,(H,26,32)/t18-,19-,20-,24+/m0/s1. The number of anilines is 1. The van der Waals surface area contributed by atoms with Crippen molar-refractivity contribution >= 4 is 23.4 Å². The number of hydrogen-bond acceptors (Lipinski definition) is 5. The predicted molar refractivity (Wildman–Crippen MR) is 114 cm³/mol. The van der Waals surface area contributed by atoms with Gasteiger partial charge >= 0.3 is 0 Å². The summed E-state index contributed by atoms with van der Waals surface area (Å²) in [7, 11) is 0. The van der Waals surface area contributed by atoms with E-state index < -0.39 is 35.1 Å². The van der Waals surface area contributed by atoms with Gasteiger partial charge in [-0.15, -0.1) is 0 Å². The molecule has 166 valence electrons. The number of halogens is 1. The minimum atomic E-state index is -1.50. The molecule has 8 heteroatoms. The molecule has 0 bridgehead atoms. The molecule has 3 N–H and O–H groups in total. The van der Waals surface area contributed by atoms with Crippen LogP contribution in [0.2, 0.25) is 0 Å². The molecule has 3 aliphatic heterocycles. The van der Waals surface area contributed by atoms with Crippen LogP contribution in [0.3, 0.4) is 0 Å². The second-order valence-corrected chi connectivity index (χ2v) is 8.76. The molecular weight excluding hydrogens is 413 g/mol. The molecule has 4 atom stereocenters. The largest absolute Gasteiger partial charge is 0.508 e. The second kappa shape index (κ2) is 7.41. The van der Waals surface area contributed by atoms with Crippen molar-refractivity contribution in [2.45, 2.75) is 37.8 Å². The van der Waals surface area contributed by atoms with Gasteiger partial charge in [-0.25, -0.2) is 4.39 Å². The maximum absolute atomic E-state index is 14.2. The summed E-state index contributed by atoms with van der Waals surface area (Å²) >= 11 is 0. The number of imide groups is 1. The van der Waals surface area contributed by atoms with E-state index in [9.17, 15) is 23.9 Å². The van der Waals surface area contributed by atoms with Gasteiger partial charge in [-0.3, -0.25) is 24.6 Å². The molecule has 3 amide bonds. The first-order chi connectivity index (χ1) is 15.4. The van der Waals surface area contributed by atoms with Crippen LogP contribution >= 0.6 is 0 Å². The first-order valence-electron chi connectivity index (χ1n) is 10.9. The lowest BCUT2D eigenvalue weighted by Gasteiger charge is -2.29. The Morgan fingerprint density at radius 2 is 1.84 bits per heavy atom. The second-order valence-electron chi connectivity index (χ2n) is 8.76. The molecule has 0 aromatic heterocycles. The molecule has 2 fully saturated rings. The van der Waals surface area contributed by atoms with Crippen LogP contribution in [0.5, 0.6) is 5.75 Å². The predicted octanol–water partition coefficient (Wildman–Crippen LogP) is 2.29. The third-order valence-electron chi connectivity index (χ3n) is 6.90. The zero-order chi connectivity index (χ0) is 22.6. The van der Waals surface area contributed by atoms with Crippen molar-refractivity contribution in [1.82, 2.24) is 10.2 Å². The average Bonchev–Trinajstić information content (AvgIpc) is 3.34. The van der Waals surface area contributed by atoms with E-state index in [-0.39, 0.29) is 17.6 Å². The summed E-state index contributed by atoms with van der Waals surface area (Å²) in [5.41, 5.74) is 0.155. The van der Waals surface area contributed by atoms with Crippen molar-refractivity contribution in [3.05, 3.63) is 59.4 Å². The third kappa shape index (κ3) is 2.86. The summed E-state index contributed by atoms with van der Waals surface area (Å²) in [6, 6.07) is 10.1. The monoisotopic (exact) mass is 437 g/mol. The summed E-state index contributed by atoms with van der Waals surface area (Å²) < 4.78 is 14.2. The molecule has 0 aliphatic carbocycles. The molecule has 7 nitrogen and oxygen atoms in total. The number of phenols is 1. The quantitative estimate of drug-likeness (QED) is 0.624. The molecule has 32 heavy (non-hydrogen) atoms. The number of nitrogens with zero attached hydrogens (tertiary/aromatic N) is 1. The Bertz CT molecular complexity index is 1120. The SMILES string of the molecule is CCCCN1C(=O)[C@H]2[C@H](Cc3ccc(O)cc3)N[C@@]3(C(=O)Nc4ccc(F)cc43)[C@@H]2C1=O. The van der Waals surface area contributed by atoms with Crippen LogP contribution in [-0.2, 0) is 26.3 Å². The van der Waals surface area contributed by atoms with Crippen molar-refractivity contribution < 1.29 is 23.9 Å². The average molecular weight is 437 g/mol. The Hall–Kier alpha value is -3.26. The summed E-state index contributed by atoms with van der Waals surface area (Å²) in [4.78, 5) is 41.5. The highest BCUT2D eigenvalue weighted by atomic mass is 19.1. The summed E-state index contributed by atoms with van der Waals surface area (Å²) in [5, 5.41) is 15.7. The smallest absolute Gasteiger partial charge is 0.250 e. The number of carbonyl (C=O) groups is 3. The van der Waals surface area contributed by atoms with Gasteiger partial charge in [-0.2, -0.15) is 0 Å². The number of aromatic hydroxyl groups is 1. The highest BCUT2D eigenvalue weighted by Gasteiger charge is 2.70. The number of hydrogen-bond donors (Lipinski definition) is 3. The Labute approximate surface area is 184 Å². The molecule has 3 heterocycles. The molecule has 5 rings (SSSR count). The number of carbonyl (C=O) groups excluding carboxylic acids is 3. The zero-order valence-electron chi connectivity index (χ0n) is 17.6. The number of benzene rings is 2. The number of rotatable bonds is 5. The lowest BCUT2D eigenvalue weighted by atomic mass is 9.76.